The number of sulfonamides is 1. The zero-order valence-corrected chi connectivity index (χ0v) is 13.7. The number of nitrogens with two attached hydrogens (primary N) is 1. The van der Waals surface area contributed by atoms with Crippen molar-refractivity contribution >= 4 is 27.3 Å². The molecule has 0 aliphatic carbocycles. The third-order valence-electron chi connectivity index (χ3n) is 3.11. The highest BCUT2D eigenvalue weighted by molar-refractivity contribution is 7.89. The Hall–Kier alpha value is -0.780. The molecule has 6 heteroatoms. The van der Waals surface area contributed by atoms with Gasteiger partial charge in [-0.25, -0.2) is 8.42 Å². The van der Waals surface area contributed by atoms with E-state index in [4.69, 9.17) is 17.3 Å². The Labute approximate surface area is 127 Å². The highest BCUT2D eigenvalue weighted by Crippen LogP contribution is 2.26. The molecular weight excluding hydrogens is 296 g/mol. The van der Waals surface area contributed by atoms with Crippen LogP contribution in [0.3, 0.4) is 0 Å². The van der Waals surface area contributed by atoms with Crippen LogP contribution >= 0.6 is 11.6 Å². The lowest BCUT2D eigenvalue weighted by Gasteiger charge is -2.22. The quantitative estimate of drug-likeness (QED) is 0.746. The molecule has 20 heavy (non-hydrogen) atoms. The van der Waals surface area contributed by atoms with Crippen molar-refractivity contribution in [2.24, 2.45) is 0 Å². The van der Waals surface area contributed by atoms with Gasteiger partial charge in [0.05, 0.1) is 5.69 Å². The Balaban J connectivity index is 3.07. The number of rotatable bonds is 8. The Morgan fingerprint density at radius 2 is 1.70 bits per heavy atom. The molecule has 1 rings (SSSR count). The Bertz CT molecular complexity index is 524. The molecule has 0 fully saturated rings. The summed E-state index contributed by atoms with van der Waals surface area (Å²) in [6.45, 7) is 5.14. The minimum absolute atomic E-state index is 0.147. The SMILES string of the molecule is CCCCN(CCCC)S(=O)(=O)c1ccc(Cl)cc1N. The van der Waals surface area contributed by atoms with Crippen LogP contribution in [0.2, 0.25) is 5.02 Å². The number of anilines is 1. The first-order valence-corrected chi connectivity index (χ1v) is 8.80. The number of benzene rings is 1. The van der Waals surface area contributed by atoms with Crippen molar-refractivity contribution in [2.75, 3.05) is 18.8 Å². The summed E-state index contributed by atoms with van der Waals surface area (Å²) in [5.41, 5.74) is 6.02. The van der Waals surface area contributed by atoms with E-state index >= 15 is 0 Å². The van der Waals surface area contributed by atoms with Crippen molar-refractivity contribution in [3.63, 3.8) is 0 Å². The first-order chi connectivity index (χ1) is 9.43. The third kappa shape index (κ3) is 4.36. The van der Waals surface area contributed by atoms with Crippen LogP contribution in [-0.2, 0) is 10.0 Å². The van der Waals surface area contributed by atoms with Crippen LogP contribution < -0.4 is 5.73 Å². The van der Waals surface area contributed by atoms with Crippen molar-refractivity contribution in [3.8, 4) is 0 Å². The topological polar surface area (TPSA) is 63.4 Å². The van der Waals surface area contributed by atoms with Gasteiger partial charge in [-0.3, -0.25) is 0 Å². The smallest absolute Gasteiger partial charge is 0.245 e. The second kappa shape index (κ2) is 7.86. The normalized spacial score (nSPS) is 12.0. The zero-order chi connectivity index (χ0) is 15.2. The Morgan fingerprint density at radius 3 is 2.15 bits per heavy atom. The predicted molar refractivity (Wildman–Crippen MR) is 84.4 cm³/mol. The van der Waals surface area contributed by atoms with Crippen LogP contribution in [-0.4, -0.2) is 25.8 Å². The highest BCUT2D eigenvalue weighted by Gasteiger charge is 2.25. The van der Waals surface area contributed by atoms with Gasteiger partial charge in [0.15, 0.2) is 0 Å². The molecule has 4 nitrogen and oxygen atoms in total. The van der Waals surface area contributed by atoms with Gasteiger partial charge in [-0.1, -0.05) is 38.3 Å². The standard InChI is InChI=1S/C14H23ClN2O2S/c1-3-5-9-17(10-6-4-2)20(18,19)14-8-7-12(15)11-13(14)16/h7-8,11H,3-6,9-10,16H2,1-2H3. The maximum atomic E-state index is 12.7. The van der Waals surface area contributed by atoms with Gasteiger partial charge in [0.2, 0.25) is 10.0 Å². The van der Waals surface area contributed by atoms with E-state index in [0.717, 1.165) is 25.7 Å². The summed E-state index contributed by atoms with van der Waals surface area (Å²) in [7, 11) is -3.54. The minimum Gasteiger partial charge on any atom is -0.398 e. The van der Waals surface area contributed by atoms with Crippen molar-refractivity contribution < 1.29 is 8.42 Å². The molecule has 0 atom stereocenters. The molecule has 2 N–H and O–H groups in total. The van der Waals surface area contributed by atoms with Crippen LogP contribution in [0.25, 0.3) is 0 Å². The van der Waals surface area contributed by atoms with Crippen LogP contribution in [0.15, 0.2) is 23.1 Å². The summed E-state index contributed by atoms with van der Waals surface area (Å²) in [6.07, 6.45) is 3.59. The van der Waals surface area contributed by atoms with E-state index in [1.165, 1.54) is 16.4 Å². The van der Waals surface area contributed by atoms with Crippen molar-refractivity contribution in [3.05, 3.63) is 23.2 Å². The first kappa shape index (κ1) is 17.3. The van der Waals surface area contributed by atoms with Gasteiger partial charge in [-0.05, 0) is 31.0 Å². The molecule has 0 saturated carbocycles. The van der Waals surface area contributed by atoms with Gasteiger partial charge in [0.1, 0.15) is 4.90 Å². The van der Waals surface area contributed by atoms with E-state index in [1.807, 2.05) is 13.8 Å². The molecule has 0 saturated heterocycles. The summed E-state index contributed by atoms with van der Waals surface area (Å²) in [5.74, 6) is 0. The van der Waals surface area contributed by atoms with Gasteiger partial charge in [0, 0.05) is 18.1 Å². The summed E-state index contributed by atoms with van der Waals surface area (Å²) in [4.78, 5) is 0.147. The van der Waals surface area contributed by atoms with E-state index in [0.29, 0.717) is 18.1 Å². The van der Waals surface area contributed by atoms with Crippen molar-refractivity contribution in [2.45, 2.75) is 44.4 Å². The average molecular weight is 319 g/mol. The molecule has 0 heterocycles. The van der Waals surface area contributed by atoms with Crippen LogP contribution in [0.4, 0.5) is 5.69 Å². The van der Waals surface area contributed by atoms with Crippen molar-refractivity contribution in [1.82, 2.24) is 4.31 Å². The highest BCUT2D eigenvalue weighted by atomic mass is 35.5. The third-order valence-corrected chi connectivity index (χ3v) is 5.32. The van der Waals surface area contributed by atoms with E-state index in [1.54, 1.807) is 6.07 Å². The fourth-order valence-electron chi connectivity index (χ4n) is 1.91. The summed E-state index contributed by atoms with van der Waals surface area (Å²) in [5, 5.41) is 0.440. The van der Waals surface area contributed by atoms with Crippen LogP contribution in [0.1, 0.15) is 39.5 Å². The molecule has 0 radical (unpaired) electrons. The molecule has 0 bridgehead atoms. The average Bonchev–Trinajstić information content (AvgIpc) is 2.38. The largest absolute Gasteiger partial charge is 0.398 e. The van der Waals surface area contributed by atoms with Gasteiger partial charge in [-0.2, -0.15) is 4.31 Å². The number of hydrogen-bond donors (Lipinski definition) is 1. The van der Waals surface area contributed by atoms with Gasteiger partial charge >= 0.3 is 0 Å². The predicted octanol–water partition coefficient (Wildman–Crippen LogP) is 3.51. The van der Waals surface area contributed by atoms with E-state index in [2.05, 4.69) is 0 Å². The van der Waals surface area contributed by atoms with E-state index in [9.17, 15) is 8.42 Å². The molecular formula is C14H23ClN2O2S. The summed E-state index contributed by atoms with van der Waals surface area (Å²) in [6, 6.07) is 4.52. The van der Waals surface area contributed by atoms with Gasteiger partial charge < -0.3 is 5.73 Å². The molecule has 0 spiro atoms. The molecule has 0 unspecified atom stereocenters. The van der Waals surface area contributed by atoms with E-state index in [-0.39, 0.29) is 10.6 Å². The lowest BCUT2D eigenvalue weighted by atomic mass is 10.3. The number of halogens is 1. The minimum atomic E-state index is -3.54. The second-order valence-corrected chi connectivity index (χ2v) is 7.14. The zero-order valence-electron chi connectivity index (χ0n) is 12.1. The Morgan fingerprint density at radius 1 is 1.15 bits per heavy atom. The maximum Gasteiger partial charge on any atom is 0.245 e. The summed E-state index contributed by atoms with van der Waals surface area (Å²) < 4.78 is 26.9. The fraction of sp³-hybridized carbons (Fsp3) is 0.571. The lowest BCUT2D eigenvalue weighted by Crippen LogP contribution is -2.33. The van der Waals surface area contributed by atoms with E-state index < -0.39 is 10.0 Å². The van der Waals surface area contributed by atoms with Crippen molar-refractivity contribution in [1.29, 1.82) is 0 Å². The number of nitrogen functional groups attached to an aromatic ring is 1. The van der Waals surface area contributed by atoms with Crippen LogP contribution in [0.5, 0.6) is 0 Å². The summed E-state index contributed by atoms with van der Waals surface area (Å²) >= 11 is 5.83. The lowest BCUT2D eigenvalue weighted by molar-refractivity contribution is 0.395. The number of unbranched alkanes of at least 4 members (excludes halogenated alkanes) is 2. The molecule has 0 aliphatic heterocycles. The second-order valence-electron chi connectivity index (χ2n) is 4.79. The monoisotopic (exact) mass is 318 g/mol. The fourth-order valence-corrected chi connectivity index (χ4v) is 3.71. The molecule has 0 amide bonds. The number of nitrogens with zero attached hydrogens (tertiary/aromatic N) is 1. The number of hydrogen-bond acceptors (Lipinski definition) is 3. The Kier molecular flexibility index (Phi) is 6.79. The molecule has 1 aromatic rings. The molecule has 1 aromatic carbocycles. The van der Waals surface area contributed by atoms with Gasteiger partial charge in [0.25, 0.3) is 0 Å². The van der Waals surface area contributed by atoms with Crippen LogP contribution in [0, 0.1) is 0 Å². The molecule has 114 valence electrons. The first-order valence-electron chi connectivity index (χ1n) is 6.98. The van der Waals surface area contributed by atoms with Gasteiger partial charge in [-0.15, -0.1) is 0 Å². The molecule has 0 aliphatic rings. The maximum absolute atomic E-state index is 12.7. The molecule has 0 aromatic heterocycles.